The highest BCUT2D eigenvalue weighted by atomic mass is 19.4. The maximum absolute atomic E-state index is 11.9. The van der Waals surface area contributed by atoms with Crippen LogP contribution in [0.4, 0.5) is 13.2 Å². The van der Waals surface area contributed by atoms with E-state index in [-0.39, 0.29) is 6.61 Å². The summed E-state index contributed by atoms with van der Waals surface area (Å²) in [5.41, 5.74) is -0.452. The lowest BCUT2D eigenvalue weighted by molar-refractivity contribution is -0.177. The number of halogens is 3. The number of rotatable bonds is 11. The Labute approximate surface area is 113 Å². The Balaban J connectivity index is 3.52. The third-order valence-electron chi connectivity index (χ3n) is 2.60. The van der Waals surface area contributed by atoms with Crippen LogP contribution >= 0.6 is 0 Å². The van der Waals surface area contributed by atoms with Crippen LogP contribution in [0.3, 0.4) is 0 Å². The molecule has 0 spiro atoms. The lowest BCUT2D eigenvalue weighted by Gasteiger charge is -2.25. The normalized spacial score (nSPS) is 12.9. The van der Waals surface area contributed by atoms with E-state index in [1.165, 1.54) is 0 Å². The van der Waals surface area contributed by atoms with Gasteiger partial charge in [-0.3, -0.25) is 0 Å². The summed E-state index contributed by atoms with van der Waals surface area (Å²) in [6.07, 6.45) is -0.868. The van der Waals surface area contributed by atoms with Crippen molar-refractivity contribution in [2.75, 3.05) is 33.5 Å². The van der Waals surface area contributed by atoms with Crippen molar-refractivity contribution in [3.63, 3.8) is 0 Å². The Morgan fingerprint density at radius 1 is 0.895 bits per heavy atom. The highest BCUT2D eigenvalue weighted by Gasteiger charge is 2.28. The molecule has 0 atom stereocenters. The van der Waals surface area contributed by atoms with Crippen molar-refractivity contribution in [1.29, 1.82) is 0 Å². The second-order valence-electron chi connectivity index (χ2n) is 5.08. The summed E-state index contributed by atoms with van der Waals surface area (Å²) in [4.78, 5) is 0. The molecular weight excluding hydrogens is 261 g/mol. The van der Waals surface area contributed by atoms with E-state index in [1.54, 1.807) is 7.11 Å². The van der Waals surface area contributed by atoms with Crippen molar-refractivity contribution >= 4 is 0 Å². The van der Waals surface area contributed by atoms with Crippen molar-refractivity contribution in [3.8, 4) is 0 Å². The van der Waals surface area contributed by atoms with E-state index in [9.17, 15) is 13.2 Å². The van der Waals surface area contributed by atoms with E-state index in [1.807, 2.05) is 13.8 Å². The Morgan fingerprint density at radius 3 is 2.11 bits per heavy atom. The van der Waals surface area contributed by atoms with Gasteiger partial charge in [-0.15, -0.1) is 0 Å². The third kappa shape index (κ3) is 13.9. The minimum absolute atomic E-state index is 0.0518. The molecule has 0 aliphatic carbocycles. The third-order valence-corrected chi connectivity index (χ3v) is 2.60. The number of hydrogen-bond acceptors (Lipinski definition) is 3. The largest absolute Gasteiger partial charge is 0.411 e. The van der Waals surface area contributed by atoms with Crippen LogP contribution in [0.15, 0.2) is 0 Å². The maximum atomic E-state index is 11.9. The van der Waals surface area contributed by atoms with E-state index < -0.39 is 18.4 Å². The number of ether oxygens (including phenoxy) is 3. The summed E-state index contributed by atoms with van der Waals surface area (Å²) in [6.45, 7) is 3.93. The van der Waals surface area contributed by atoms with Gasteiger partial charge in [-0.25, -0.2) is 0 Å². The summed E-state index contributed by atoms with van der Waals surface area (Å²) in [7, 11) is 1.67. The van der Waals surface area contributed by atoms with Crippen molar-refractivity contribution in [1.82, 2.24) is 0 Å². The predicted octanol–water partition coefficient (Wildman–Crippen LogP) is 3.57. The molecule has 0 bridgehead atoms. The Bertz CT molecular complexity index is 218. The fourth-order valence-electron chi connectivity index (χ4n) is 1.45. The number of alkyl halides is 3. The first-order chi connectivity index (χ1) is 8.77. The van der Waals surface area contributed by atoms with Crippen molar-refractivity contribution in [2.45, 2.75) is 51.3 Å². The lowest BCUT2D eigenvalue weighted by atomic mass is 10.1. The molecule has 0 N–H and O–H groups in total. The summed E-state index contributed by atoms with van der Waals surface area (Å²) in [5, 5.41) is 0. The molecule has 0 amide bonds. The standard InChI is InChI=1S/C13H25F3O3/c1-12(2,7-10-18-11-13(14,15)16)19-9-6-4-5-8-17-3/h4-11H2,1-3H3. The Hall–Kier alpha value is -0.330. The smallest absolute Gasteiger partial charge is 0.385 e. The van der Waals surface area contributed by atoms with Gasteiger partial charge in [0.25, 0.3) is 0 Å². The summed E-state index contributed by atoms with van der Waals surface area (Å²) in [6, 6.07) is 0. The van der Waals surface area contributed by atoms with Gasteiger partial charge in [0.2, 0.25) is 0 Å². The van der Waals surface area contributed by atoms with Crippen molar-refractivity contribution < 1.29 is 27.4 Å². The highest BCUT2D eigenvalue weighted by molar-refractivity contribution is 4.68. The van der Waals surface area contributed by atoms with Crippen LogP contribution in [-0.4, -0.2) is 45.3 Å². The number of hydrogen-bond donors (Lipinski definition) is 0. The van der Waals surface area contributed by atoms with Gasteiger partial charge < -0.3 is 14.2 Å². The van der Waals surface area contributed by atoms with E-state index in [0.29, 0.717) is 13.0 Å². The van der Waals surface area contributed by atoms with Gasteiger partial charge in [-0.2, -0.15) is 13.2 Å². The van der Waals surface area contributed by atoms with Crippen LogP contribution in [-0.2, 0) is 14.2 Å². The monoisotopic (exact) mass is 286 g/mol. The van der Waals surface area contributed by atoms with Crippen LogP contribution in [0, 0.1) is 0 Å². The molecule has 0 saturated heterocycles. The molecule has 0 rings (SSSR count). The molecule has 0 heterocycles. The molecule has 3 nitrogen and oxygen atoms in total. The minimum atomic E-state index is -4.26. The molecule has 19 heavy (non-hydrogen) atoms. The molecule has 0 fully saturated rings. The molecule has 116 valence electrons. The number of methoxy groups -OCH3 is 1. The molecule has 0 aliphatic rings. The topological polar surface area (TPSA) is 27.7 Å². The van der Waals surface area contributed by atoms with Gasteiger partial charge in [0.05, 0.1) is 5.60 Å². The molecular formula is C13H25F3O3. The second kappa shape index (κ2) is 9.55. The van der Waals surface area contributed by atoms with Crippen molar-refractivity contribution in [2.24, 2.45) is 0 Å². The van der Waals surface area contributed by atoms with Crippen LogP contribution in [0.2, 0.25) is 0 Å². The van der Waals surface area contributed by atoms with Gasteiger partial charge in [-0.05, 0) is 39.5 Å². The molecule has 0 aromatic carbocycles. The average Bonchev–Trinajstić information content (AvgIpc) is 2.28. The summed E-state index contributed by atoms with van der Waals surface area (Å²) < 4.78 is 50.7. The van der Waals surface area contributed by atoms with Gasteiger partial charge in [0, 0.05) is 26.9 Å². The molecule has 0 aromatic rings. The zero-order valence-electron chi connectivity index (χ0n) is 12.0. The van der Waals surface area contributed by atoms with Crippen molar-refractivity contribution in [3.05, 3.63) is 0 Å². The molecule has 0 aliphatic heterocycles. The molecule has 0 aromatic heterocycles. The first kappa shape index (κ1) is 18.7. The van der Waals surface area contributed by atoms with E-state index in [2.05, 4.69) is 4.74 Å². The fraction of sp³-hybridized carbons (Fsp3) is 1.00. The van der Waals surface area contributed by atoms with Gasteiger partial charge in [0.1, 0.15) is 6.61 Å². The van der Waals surface area contributed by atoms with Gasteiger partial charge in [0.15, 0.2) is 0 Å². The van der Waals surface area contributed by atoms with Crippen LogP contribution in [0.1, 0.15) is 39.5 Å². The zero-order chi connectivity index (χ0) is 14.8. The van der Waals surface area contributed by atoms with Crippen LogP contribution < -0.4 is 0 Å². The molecule has 6 heteroatoms. The van der Waals surface area contributed by atoms with E-state index >= 15 is 0 Å². The molecule has 0 radical (unpaired) electrons. The zero-order valence-corrected chi connectivity index (χ0v) is 12.0. The Kier molecular flexibility index (Phi) is 9.39. The fourth-order valence-corrected chi connectivity index (χ4v) is 1.45. The van der Waals surface area contributed by atoms with Crippen LogP contribution in [0.25, 0.3) is 0 Å². The summed E-state index contributed by atoms with van der Waals surface area (Å²) in [5.74, 6) is 0. The Morgan fingerprint density at radius 2 is 1.53 bits per heavy atom. The molecule has 0 saturated carbocycles. The second-order valence-corrected chi connectivity index (χ2v) is 5.08. The minimum Gasteiger partial charge on any atom is -0.385 e. The summed E-state index contributed by atoms with van der Waals surface area (Å²) >= 11 is 0. The lowest BCUT2D eigenvalue weighted by Crippen LogP contribution is -2.28. The van der Waals surface area contributed by atoms with Crippen LogP contribution in [0.5, 0.6) is 0 Å². The van der Waals surface area contributed by atoms with E-state index in [0.717, 1.165) is 25.9 Å². The average molecular weight is 286 g/mol. The first-order valence-electron chi connectivity index (χ1n) is 6.54. The first-order valence-corrected chi connectivity index (χ1v) is 6.54. The van der Waals surface area contributed by atoms with Gasteiger partial charge in [-0.1, -0.05) is 0 Å². The quantitative estimate of drug-likeness (QED) is 0.543. The van der Waals surface area contributed by atoms with Gasteiger partial charge >= 0.3 is 6.18 Å². The SMILES string of the molecule is COCCCCCOC(C)(C)CCOCC(F)(F)F. The number of unbranched alkanes of at least 4 members (excludes halogenated alkanes) is 2. The maximum Gasteiger partial charge on any atom is 0.411 e. The highest BCUT2D eigenvalue weighted by Crippen LogP contribution is 2.18. The molecule has 0 unspecified atom stereocenters. The van der Waals surface area contributed by atoms with E-state index in [4.69, 9.17) is 9.47 Å². The predicted molar refractivity (Wildman–Crippen MR) is 67.2 cm³/mol.